The summed E-state index contributed by atoms with van der Waals surface area (Å²) < 4.78 is 0. The van der Waals surface area contributed by atoms with Crippen LogP contribution in [0.5, 0.6) is 0 Å². The lowest BCUT2D eigenvalue weighted by molar-refractivity contribution is 0.461. The minimum Gasteiger partial charge on any atom is -0.351 e. The van der Waals surface area contributed by atoms with Crippen LogP contribution < -0.4 is 5.32 Å². The molecule has 2 aromatic rings. The van der Waals surface area contributed by atoms with Crippen molar-refractivity contribution >= 4 is 17.0 Å². The van der Waals surface area contributed by atoms with Crippen LogP contribution in [-0.2, 0) is 0 Å². The van der Waals surface area contributed by atoms with Crippen LogP contribution in [0.3, 0.4) is 0 Å². The van der Waals surface area contributed by atoms with Crippen LogP contribution in [0.25, 0.3) is 11.0 Å². The molecule has 1 N–H and O–H groups in total. The van der Waals surface area contributed by atoms with Gasteiger partial charge in [-0.05, 0) is 25.0 Å². The molecular formula is C13H16N4. The monoisotopic (exact) mass is 228 g/mol. The number of anilines is 1. The minimum absolute atomic E-state index is 0.540. The Morgan fingerprint density at radius 2 is 1.94 bits per heavy atom. The third-order valence-corrected chi connectivity index (χ3v) is 3.29. The molecule has 1 aliphatic rings. The van der Waals surface area contributed by atoms with Crippen LogP contribution in [0, 0.1) is 0 Å². The number of rotatable bonds is 2. The Morgan fingerprint density at radius 1 is 1.06 bits per heavy atom. The molecule has 0 unspecified atom stereocenters. The first-order chi connectivity index (χ1) is 8.42. The highest BCUT2D eigenvalue weighted by atomic mass is 15.1. The molecule has 88 valence electrons. The fraction of sp³-hybridized carbons (Fsp3) is 0.462. The summed E-state index contributed by atoms with van der Waals surface area (Å²) in [6.07, 6.45) is 10.00. The number of hydrogen-bond acceptors (Lipinski definition) is 4. The molecule has 1 aliphatic carbocycles. The summed E-state index contributed by atoms with van der Waals surface area (Å²) in [5.74, 6) is 0.734. The standard InChI is InChI=1S/C13H16N4/c1-2-5-10(6-3-1)16-13-15-9-12-11(17-13)7-4-8-14-12/h4,7-10H,1-3,5-6H2,(H,15,16,17). The van der Waals surface area contributed by atoms with Crippen molar-refractivity contribution in [1.82, 2.24) is 15.0 Å². The van der Waals surface area contributed by atoms with Gasteiger partial charge in [0.15, 0.2) is 0 Å². The fourth-order valence-electron chi connectivity index (χ4n) is 2.37. The first-order valence-electron chi connectivity index (χ1n) is 6.26. The molecule has 0 radical (unpaired) electrons. The second kappa shape index (κ2) is 4.65. The zero-order valence-corrected chi connectivity index (χ0v) is 9.76. The van der Waals surface area contributed by atoms with Crippen molar-refractivity contribution in [3.63, 3.8) is 0 Å². The van der Waals surface area contributed by atoms with E-state index in [1.54, 1.807) is 12.4 Å². The summed E-state index contributed by atoms with van der Waals surface area (Å²) in [6.45, 7) is 0. The van der Waals surface area contributed by atoms with E-state index in [-0.39, 0.29) is 0 Å². The average molecular weight is 228 g/mol. The summed E-state index contributed by atoms with van der Waals surface area (Å²) in [7, 11) is 0. The largest absolute Gasteiger partial charge is 0.351 e. The molecule has 0 spiro atoms. The predicted octanol–water partition coefficient (Wildman–Crippen LogP) is 2.77. The Kier molecular flexibility index (Phi) is 2.86. The van der Waals surface area contributed by atoms with E-state index in [4.69, 9.17) is 0 Å². The third-order valence-electron chi connectivity index (χ3n) is 3.29. The molecule has 2 aromatic heterocycles. The summed E-state index contributed by atoms with van der Waals surface area (Å²) in [6, 6.07) is 4.41. The van der Waals surface area contributed by atoms with Gasteiger partial charge in [-0.25, -0.2) is 9.97 Å². The maximum Gasteiger partial charge on any atom is 0.223 e. The lowest BCUT2D eigenvalue weighted by atomic mass is 9.96. The van der Waals surface area contributed by atoms with Crippen LogP contribution in [0.4, 0.5) is 5.95 Å². The molecule has 4 nitrogen and oxygen atoms in total. The fourth-order valence-corrected chi connectivity index (χ4v) is 2.37. The second-order valence-corrected chi connectivity index (χ2v) is 4.58. The third kappa shape index (κ3) is 2.35. The van der Waals surface area contributed by atoms with Crippen LogP contribution in [0.15, 0.2) is 24.5 Å². The van der Waals surface area contributed by atoms with E-state index in [1.165, 1.54) is 32.1 Å². The van der Waals surface area contributed by atoms with Gasteiger partial charge < -0.3 is 5.32 Å². The number of pyridine rings is 1. The highest BCUT2D eigenvalue weighted by Crippen LogP contribution is 2.20. The maximum atomic E-state index is 4.48. The molecule has 1 fully saturated rings. The lowest BCUT2D eigenvalue weighted by Gasteiger charge is -2.22. The van der Waals surface area contributed by atoms with Crippen LogP contribution in [0.2, 0.25) is 0 Å². The lowest BCUT2D eigenvalue weighted by Crippen LogP contribution is -2.23. The van der Waals surface area contributed by atoms with E-state index in [0.717, 1.165) is 17.0 Å². The molecule has 0 atom stereocenters. The zero-order chi connectivity index (χ0) is 11.5. The Labute approximate surface area is 101 Å². The Hall–Kier alpha value is -1.71. The predicted molar refractivity (Wildman–Crippen MR) is 67.8 cm³/mol. The number of nitrogens with one attached hydrogen (secondary N) is 1. The highest BCUT2D eigenvalue weighted by Gasteiger charge is 2.14. The van der Waals surface area contributed by atoms with Gasteiger partial charge in [0.25, 0.3) is 0 Å². The molecule has 0 bridgehead atoms. The van der Waals surface area contributed by atoms with Crippen LogP contribution in [0.1, 0.15) is 32.1 Å². The molecule has 4 heteroatoms. The quantitative estimate of drug-likeness (QED) is 0.858. The SMILES string of the molecule is c1cnc2cnc(NC3CCCCC3)nc2c1. The van der Waals surface area contributed by atoms with E-state index >= 15 is 0 Å². The number of aromatic nitrogens is 3. The van der Waals surface area contributed by atoms with Gasteiger partial charge in [0.05, 0.1) is 11.7 Å². The number of hydrogen-bond donors (Lipinski definition) is 1. The smallest absolute Gasteiger partial charge is 0.223 e. The molecule has 2 heterocycles. The molecule has 3 rings (SSSR count). The van der Waals surface area contributed by atoms with E-state index in [2.05, 4.69) is 20.3 Å². The van der Waals surface area contributed by atoms with E-state index < -0.39 is 0 Å². The van der Waals surface area contributed by atoms with E-state index in [0.29, 0.717) is 6.04 Å². The second-order valence-electron chi connectivity index (χ2n) is 4.58. The van der Waals surface area contributed by atoms with Gasteiger partial charge >= 0.3 is 0 Å². The van der Waals surface area contributed by atoms with Gasteiger partial charge in [0, 0.05) is 12.2 Å². The van der Waals surface area contributed by atoms with Crippen LogP contribution >= 0.6 is 0 Å². The van der Waals surface area contributed by atoms with Crippen molar-refractivity contribution in [1.29, 1.82) is 0 Å². The van der Waals surface area contributed by atoms with Gasteiger partial charge in [-0.1, -0.05) is 19.3 Å². The topological polar surface area (TPSA) is 50.7 Å². The zero-order valence-electron chi connectivity index (χ0n) is 9.76. The van der Waals surface area contributed by atoms with Crippen molar-refractivity contribution < 1.29 is 0 Å². The molecule has 0 saturated heterocycles. The Morgan fingerprint density at radius 3 is 2.82 bits per heavy atom. The van der Waals surface area contributed by atoms with Gasteiger partial charge in [-0.2, -0.15) is 0 Å². The number of nitrogens with zero attached hydrogens (tertiary/aromatic N) is 3. The molecular weight excluding hydrogens is 212 g/mol. The van der Waals surface area contributed by atoms with Gasteiger partial charge in [-0.3, -0.25) is 4.98 Å². The molecule has 0 aliphatic heterocycles. The summed E-state index contributed by atoms with van der Waals surface area (Å²) in [4.78, 5) is 13.0. The van der Waals surface area contributed by atoms with Gasteiger partial charge in [-0.15, -0.1) is 0 Å². The Bertz CT molecular complexity index is 506. The van der Waals surface area contributed by atoms with E-state index in [9.17, 15) is 0 Å². The van der Waals surface area contributed by atoms with Crippen LogP contribution in [-0.4, -0.2) is 21.0 Å². The normalized spacial score (nSPS) is 17.2. The first kappa shape index (κ1) is 10.4. The van der Waals surface area contributed by atoms with E-state index in [1.807, 2.05) is 12.1 Å². The molecule has 1 saturated carbocycles. The average Bonchev–Trinajstić information content (AvgIpc) is 2.40. The molecule has 0 aromatic carbocycles. The first-order valence-corrected chi connectivity index (χ1v) is 6.26. The molecule has 0 amide bonds. The van der Waals surface area contributed by atoms with Crippen molar-refractivity contribution in [2.24, 2.45) is 0 Å². The Balaban J connectivity index is 1.80. The molecule has 17 heavy (non-hydrogen) atoms. The van der Waals surface area contributed by atoms with Gasteiger partial charge in [0.2, 0.25) is 5.95 Å². The summed E-state index contributed by atoms with van der Waals surface area (Å²) in [5, 5.41) is 3.42. The van der Waals surface area contributed by atoms with Crippen molar-refractivity contribution in [3.8, 4) is 0 Å². The maximum absolute atomic E-state index is 4.48. The highest BCUT2D eigenvalue weighted by molar-refractivity contribution is 5.73. The summed E-state index contributed by atoms with van der Waals surface area (Å²) >= 11 is 0. The minimum atomic E-state index is 0.540. The summed E-state index contributed by atoms with van der Waals surface area (Å²) in [5.41, 5.74) is 1.75. The van der Waals surface area contributed by atoms with Crippen molar-refractivity contribution in [3.05, 3.63) is 24.5 Å². The van der Waals surface area contributed by atoms with Gasteiger partial charge in [0.1, 0.15) is 5.52 Å². The van der Waals surface area contributed by atoms with Crippen molar-refractivity contribution in [2.45, 2.75) is 38.1 Å². The number of fused-ring (bicyclic) bond motifs is 1. The van der Waals surface area contributed by atoms with Crippen molar-refractivity contribution in [2.75, 3.05) is 5.32 Å².